The smallest absolute Gasteiger partial charge is 0.263 e. The summed E-state index contributed by atoms with van der Waals surface area (Å²) in [6.45, 7) is 1.79. The molecule has 2 aliphatic rings. The minimum atomic E-state index is -0.0508. The molecule has 0 amide bonds. The minimum Gasteiger partial charge on any atom is -0.486 e. The number of thiophene rings is 1. The first kappa shape index (κ1) is 21.5. The summed E-state index contributed by atoms with van der Waals surface area (Å²) < 4.78 is 18.0. The molecular weight excluding hydrogens is 448 g/mol. The first-order valence-corrected chi connectivity index (χ1v) is 12.6. The Hall–Kier alpha value is -2.36. The second kappa shape index (κ2) is 9.25. The quantitative estimate of drug-likeness (QED) is 0.294. The number of carbonyl (C=O) groups excluding carboxylic acids is 1. The molecule has 0 unspecified atom stereocenters. The first-order chi connectivity index (χ1) is 15.7. The van der Waals surface area contributed by atoms with Crippen LogP contribution in [0, 0.1) is 0 Å². The number of benzene rings is 1. The third-order valence-electron chi connectivity index (χ3n) is 5.76. The third-order valence-corrected chi connectivity index (χ3v) is 7.92. The molecule has 0 saturated heterocycles. The molecule has 5 rings (SSSR count). The van der Waals surface area contributed by atoms with Crippen molar-refractivity contribution in [3.63, 3.8) is 0 Å². The van der Waals surface area contributed by atoms with E-state index in [9.17, 15) is 9.59 Å². The highest BCUT2D eigenvalue weighted by Crippen LogP contribution is 2.35. The Morgan fingerprint density at radius 3 is 2.88 bits per heavy atom. The van der Waals surface area contributed by atoms with E-state index in [-0.39, 0.29) is 17.1 Å². The first-order valence-electron chi connectivity index (χ1n) is 10.8. The molecule has 0 saturated carbocycles. The summed E-state index contributed by atoms with van der Waals surface area (Å²) in [5, 5.41) is 1.31. The van der Waals surface area contributed by atoms with Crippen LogP contribution < -0.4 is 15.0 Å². The largest absolute Gasteiger partial charge is 0.486 e. The van der Waals surface area contributed by atoms with Gasteiger partial charge in [-0.25, -0.2) is 4.98 Å². The number of ether oxygens (including phenoxy) is 3. The van der Waals surface area contributed by atoms with Gasteiger partial charge in [-0.05, 0) is 49.4 Å². The van der Waals surface area contributed by atoms with E-state index in [2.05, 4.69) is 0 Å². The number of fused-ring (bicyclic) bond motifs is 4. The fourth-order valence-corrected chi connectivity index (χ4v) is 6.36. The van der Waals surface area contributed by atoms with Crippen LogP contribution in [0.2, 0.25) is 0 Å². The molecule has 1 aliphatic carbocycles. The van der Waals surface area contributed by atoms with Crippen LogP contribution in [0.1, 0.15) is 33.6 Å². The van der Waals surface area contributed by atoms with Crippen molar-refractivity contribution in [3.05, 3.63) is 44.6 Å². The normalized spacial score (nSPS) is 15.0. The van der Waals surface area contributed by atoms with Crippen molar-refractivity contribution in [2.45, 2.75) is 37.4 Å². The van der Waals surface area contributed by atoms with Crippen LogP contribution in [0.5, 0.6) is 11.5 Å². The number of ketones is 1. The molecule has 0 fully saturated rings. The summed E-state index contributed by atoms with van der Waals surface area (Å²) in [5.74, 6) is 1.37. The topological polar surface area (TPSA) is 79.7 Å². The van der Waals surface area contributed by atoms with Crippen molar-refractivity contribution in [2.75, 3.05) is 32.7 Å². The summed E-state index contributed by atoms with van der Waals surface area (Å²) in [6.07, 6.45) is 4.21. The van der Waals surface area contributed by atoms with E-state index in [0.29, 0.717) is 48.6 Å². The van der Waals surface area contributed by atoms with Crippen LogP contribution in [-0.2, 0) is 24.1 Å². The summed E-state index contributed by atoms with van der Waals surface area (Å²) in [7, 11) is 1.61. The monoisotopic (exact) mass is 472 g/mol. The van der Waals surface area contributed by atoms with Crippen LogP contribution in [0.25, 0.3) is 10.2 Å². The second-order valence-electron chi connectivity index (χ2n) is 7.81. The van der Waals surface area contributed by atoms with Gasteiger partial charge in [0.05, 0.1) is 24.3 Å². The second-order valence-corrected chi connectivity index (χ2v) is 9.83. The molecule has 168 valence electrons. The molecule has 1 aromatic carbocycles. The summed E-state index contributed by atoms with van der Waals surface area (Å²) in [4.78, 5) is 33.2. The Bertz CT molecular complexity index is 1230. The maximum absolute atomic E-state index is 13.4. The van der Waals surface area contributed by atoms with E-state index in [1.165, 1.54) is 22.2 Å². The third kappa shape index (κ3) is 4.04. The lowest BCUT2D eigenvalue weighted by Crippen LogP contribution is -2.26. The number of hydrogen-bond donors (Lipinski definition) is 0. The van der Waals surface area contributed by atoms with Crippen LogP contribution in [-0.4, -0.2) is 48.0 Å². The Morgan fingerprint density at radius 1 is 1.22 bits per heavy atom. The average molecular weight is 473 g/mol. The van der Waals surface area contributed by atoms with E-state index in [4.69, 9.17) is 19.2 Å². The number of methoxy groups -OCH3 is 1. The molecule has 32 heavy (non-hydrogen) atoms. The lowest BCUT2D eigenvalue weighted by atomic mass is 9.97. The zero-order chi connectivity index (χ0) is 22.1. The van der Waals surface area contributed by atoms with Crippen molar-refractivity contribution in [1.82, 2.24) is 9.55 Å². The molecule has 2 aromatic heterocycles. The maximum Gasteiger partial charge on any atom is 0.263 e. The zero-order valence-electron chi connectivity index (χ0n) is 17.8. The van der Waals surface area contributed by atoms with Gasteiger partial charge in [0.2, 0.25) is 0 Å². The molecule has 1 aliphatic heterocycles. The highest BCUT2D eigenvalue weighted by molar-refractivity contribution is 7.99. The Labute approximate surface area is 193 Å². The Balaban J connectivity index is 1.44. The van der Waals surface area contributed by atoms with Gasteiger partial charge in [-0.3, -0.25) is 14.2 Å². The van der Waals surface area contributed by atoms with Crippen molar-refractivity contribution in [3.8, 4) is 11.5 Å². The molecule has 0 N–H and O–H groups in total. The number of Topliss-reactive ketones (excluding diaryl/α,β-unsaturated/α-hetero) is 1. The molecule has 3 aromatic rings. The van der Waals surface area contributed by atoms with Gasteiger partial charge in [0.1, 0.15) is 18.0 Å². The number of thioether (sulfide) groups is 1. The van der Waals surface area contributed by atoms with Crippen molar-refractivity contribution < 1.29 is 19.0 Å². The van der Waals surface area contributed by atoms with Crippen LogP contribution in [0.3, 0.4) is 0 Å². The maximum atomic E-state index is 13.4. The summed E-state index contributed by atoms with van der Waals surface area (Å²) in [5.41, 5.74) is 1.70. The number of hydrogen-bond acceptors (Lipinski definition) is 8. The molecular formula is C23H24N2O5S2. The van der Waals surface area contributed by atoms with Gasteiger partial charge in [-0.1, -0.05) is 11.8 Å². The van der Waals surface area contributed by atoms with E-state index in [1.54, 1.807) is 41.2 Å². The van der Waals surface area contributed by atoms with Gasteiger partial charge in [0.25, 0.3) is 5.56 Å². The fraction of sp³-hybridized carbons (Fsp3) is 0.435. The van der Waals surface area contributed by atoms with Crippen molar-refractivity contribution >= 4 is 39.1 Å². The van der Waals surface area contributed by atoms with Gasteiger partial charge < -0.3 is 14.2 Å². The van der Waals surface area contributed by atoms with Gasteiger partial charge in [-0.2, -0.15) is 0 Å². The number of nitrogens with zero attached hydrogens (tertiary/aromatic N) is 2. The average Bonchev–Trinajstić information content (AvgIpc) is 3.20. The lowest BCUT2D eigenvalue weighted by Gasteiger charge is -2.18. The van der Waals surface area contributed by atoms with Gasteiger partial charge in [0.15, 0.2) is 22.4 Å². The van der Waals surface area contributed by atoms with E-state index >= 15 is 0 Å². The Morgan fingerprint density at radius 2 is 2.03 bits per heavy atom. The highest BCUT2D eigenvalue weighted by Gasteiger charge is 2.23. The molecule has 0 atom stereocenters. The van der Waals surface area contributed by atoms with Crippen molar-refractivity contribution in [2.24, 2.45) is 0 Å². The highest BCUT2D eigenvalue weighted by atomic mass is 32.2. The predicted molar refractivity (Wildman–Crippen MR) is 125 cm³/mol. The molecule has 3 heterocycles. The van der Waals surface area contributed by atoms with Crippen LogP contribution in [0.15, 0.2) is 28.2 Å². The number of aryl methyl sites for hydroxylation is 2. The Kier molecular flexibility index (Phi) is 6.21. The molecule has 9 heteroatoms. The predicted octanol–water partition coefficient (Wildman–Crippen LogP) is 3.73. The van der Waals surface area contributed by atoms with Crippen LogP contribution in [0.4, 0.5) is 0 Å². The SMILES string of the molecule is COCCn1c(SCC(=O)c2ccc3c(c2)OCCO3)nc2sc3c(c2c1=O)CCCC3. The van der Waals surface area contributed by atoms with E-state index in [0.717, 1.165) is 35.9 Å². The number of carbonyl (C=O) groups is 1. The standard InChI is InChI=1S/C23H24N2O5S2/c1-28-9-8-25-22(27)20-15-4-2-3-5-19(15)32-21(20)24-23(25)31-13-16(26)14-6-7-17-18(12-14)30-11-10-29-17/h6-7,12H,2-5,8-11,13H2,1H3. The van der Waals surface area contributed by atoms with E-state index < -0.39 is 0 Å². The van der Waals surface area contributed by atoms with Gasteiger partial charge >= 0.3 is 0 Å². The van der Waals surface area contributed by atoms with Crippen molar-refractivity contribution in [1.29, 1.82) is 0 Å². The minimum absolute atomic E-state index is 0.0271. The number of aromatic nitrogens is 2. The zero-order valence-corrected chi connectivity index (χ0v) is 19.5. The summed E-state index contributed by atoms with van der Waals surface area (Å²) in [6, 6.07) is 5.24. The molecule has 7 nitrogen and oxygen atoms in total. The van der Waals surface area contributed by atoms with E-state index in [1.807, 2.05) is 0 Å². The molecule has 0 radical (unpaired) electrons. The fourth-order valence-electron chi connectivity index (χ4n) is 4.14. The molecule has 0 spiro atoms. The lowest BCUT2D eigenvalue weighted by molar-refractivity contribution is 0.102. The summed E-state index contributed by atoms with van der Waals surface area (Å²) >= 11 is 2.92. The van der Waals surface area contributed by atoms with Gasteiger partial charge in [-0.15, -0.1) is 11.3 Å². The van der Waals surface area contributed by atoms with Crippen LogP contribution >= 0.6 is 23.1 Å². The number of rotatable bonds is 7. The van der Waals surface area contributed by atoms with Gasteiger partial charge in [0, 0.05) is 17.6 Å². The molecule has 0 bridgehead atoms.